The lowest BCUT2D eigenvalue weighted by atomic mass is 9.86. The second-order valence-corrected chi connectivity index (χ2v) is 7.79. The van der Waals surface area contributed by atoms with Crippen molar-refractivity contribution in [2.75, 3.05) is 0 Å². The molecule has 0 aromatic carbocycles. The van der Waals surface area contributed by atoms with Crippen LogP contribution in [0, 0.1) is 5.92 Å². The van der Waals surface area contributed by atoms with Crippen LogP contribution < -0.4 is 0 Å². The first kappa shape index (κ1) is 15.7. The molecule has 5 atom stereocenters. The van der Waals surface area contributed by atoms with Crippen LogP contribution in [0.15, 0.2) is 24.3 Å². The summed E-state index contributed by atoms with van der Waals surface area (Å²) in [6.07, 6.45) is 6.07. The first-order valence-electron chi connectivity index (χ1n) is 8.51. The molecule has 3 heterocycles. The number of aliphatic hydroxyl groups excluding tert-OH is 1. The summed E-state index contributed by atoms with van der Waals surface area (Å²) in [4.78, 5) is 12.8. The second-order valence-electron chi connectivity index (χ2n) is 7.43. The van der Waals surface area contributed by atoms with E-state index in [0.717, 1.165) is 0 Å². The number of hydrogen-bond acceptors (Lipinski definition) is 6. The van der Waals surface area contributed by atoms with Crippen LogP contribution in [0.4, 0.5) is 0 Å². The molecule has 0 bridgehead atoms. The lowest BCUT2D eigenvalue weighted by Gasteiger charge is -2.30. The third-order valence-corrected chi connectivity index (χ3v) is 5.68. The fourth-order valence-electron chi connectivity index (χ4n) is 4.52. The fourth-order valence-corrected chi connectivity index (χ4v) is 4.70. The molecule has 25 heavy (non-hydrogen) atoms. The molecule has 1 saturated carbocycles. The van der Waals surface area contributed by atoms with Crippen LogP contribution in [0.2, 0.25) is 5.15 Å². The zero-order valence-corrected chi connectivity index (χ0v) is 14.7. The number of imidazole rings is 1. The average Bonchev–Trinajstić information content (AvgIpc) is 3.18. The Hall–Kier alpha value is -1.54. The second kappa shape index (κ2) is 5.23. The Labute approximate surface area is 149 Å². The van der Waals surface area contributed by atoms with Gasteiger partial charge in [0.1, 0.15) is 17.9 Å². The summed E-state index contributed by atoms with van der Waals surface area (Å²) in [7, 11) is 0. The molecule has 1 unspecified atom stereocenters. The molecule has 1 saturated heterocycles. The molecular weight excluding hydrogens is 344 g/mol. The van der Waals surface area contributed by atoms with Crippen LogP contribution in [0.3, 0.4) is 0 Å². The fraction of sp³-hybridized carbons (Fsp3) is 0.588. The Bertz CT molecular complexity index is 880. The minimum atomic E-state index is -0.648. The Morgan fingerprint density at radius 2 is 2.04 bits per heavy atom. The number of aliphatic hydroxyl groups is 1. The molecule has 8 heteroatoms. The highest BCUT2D eigenvalue weighted by Gasteiger charge is 2.58. The van der Waals surface area contributed by atoms with Crippen molar-refractivity contribution in [2.45, 2.75) is 56.8 Å². The smallest absolute Gasteiger partial charge is 0.165 e. The van der Waals surface area contributed by atoms with Crippen LogP contribution in [-0.4, -0.2) is 48.7 Å². The van der Waals surface area contributed by atoms with E-state index in [-0.39, 0.29) is 30.3 Å². The van der Waals surface area contributed by atoms with Crippen molar-refractivity contribution < 1.29 is 14.6 Å². The molecule has 132 valence electrons. The van der Waals surface area contributed by atoms with Crippen LogP contribution in [0.5, 0.6) is 0 Å². The minimum Gasteiger partial charge on any atom is -0.393 e. The van der Waals surface area contributed by atoms with E-state index in [2.05, 4.69) is 21.0 Å². The van der Waals surface area contributed by atoms with Gasteiger partial charge in [-0.1, -0.05) is 17.7 Å². The third-order valence-electron chi connectivity index (χ3n) is 5.41. The number of halogens is 1. The SMILES string of the molecule is CC1(C)O[C@@H]2[C@H](O1)[C@H]1CC(O)CC=C1[C@H]2n1cnc2c(Cl)ncnc21. The van der Waals surface area contributed by atoms with Gasteiger partial charge in [0.05, 0.1) is 24.6 Å². The summed E-state index contributed by atoms with van der Waals surface area (Å²) in [5.41, 5.74) is 2.49. The van der Waals surface area contributed by atoms with E-state index in [4.69, 9.17) is 21.1 Å². The Kier molecular flexibility index (Phi) is 3.29. The quantitative estimate of drug-likeness (QED) is 0.619. The molecule has 0 spiro atoms. The van der Waals surface area contributed by atoms with E-state index in [1.54, 1.807) is 6.33 Å². The summed E-state index contributed by atoms with van der Waals surface area (Å²) in [6, 6.07) is -0.0692. The van der Waals surface area contributed by atoms with Crippen molar-refractivity contribution in [2.24, 2.45) is 5.92 Å². The van der Waals surface area contributed by atoms with Gasteiger partial charge in [0.2, 0.25) is 0 Å². The summed E-state index contributed by atoms with van der Waals surface area (Å²) >= 11 is 6.16. The van der Waals surface area contributed by atoms with Crippen LogP contribution in [0.1, 0.15) is 32.7 Å². The van der Waals surface area contributed by atoms with Crippen molar-refractivity contribution in [3.8, 4) is 0 Å². The van der Waals surface area contributed by atoms with Crippen LogP contribution >= 0.6 is 11.6 Å². The van der Waals surface area contributed by atoms with Gasteiger partial charge in [-0.15, -0.1) is 0 Å². The molecule has 2 fully saturated rings. The number of aromatic nitrogens is 4. The van der Waals surface area contributed by atoms with Gasteiger partial charge in [-0.05, 0) is 32.3 Å². The normalized spacial score (nSPS) is 36.3. The molecule has 2 aliphatic carbocycles. The topological polar surface area (TPSA) is 82.3 Å². The van der Waals surface area contributed by atoms with Gasteiger partial charge in [-0.3, -0.25) is 0 Å². The van der Waals surface area contributed by atoms with Crippen molar-refractivity contribution in [1.29, 1.82) is 0 Å². The van der Waals surface area contributed by atoms with Crippen LogP contribution in [0.25, 0.3) is 11.2 Å². The molecular formula is C17H19ClN4O3. The molecule has 3 aliphatic rings. The number of ether oxygens (including phenoxy) is 2. The summed E-state index contributed by atoms with van der Waals surface area (Å²) in [5.74, 6) is -0.514. The maximum absolute atomic E-state index is 10.1. The largest absolute Gasteiger partial charge is 0.393 e. The van der Waals surface area contributed by atoms with Crippen molar-refractivity contribution in [3.63, 3.8) is 0 Å². The maximum atomic E-state index is 10.1. The minimum absolute atomic E-state index is 0.0692. The molecule has 1 aliphatic heterocycles. The number of fused-ring (bicyclic) bond motifs is 4. The monoisotopic (exact) mass is 362 g/mol. The van der Waals surface area contributed by atoms with Gasteiger partial charge < -0.3 is 19.1 Å². The van der Waals surface area contributed by atoms with E-state index < -0.39 is 5.79 Å². The van der Waals surface area contributed by atoms with Crippen molar-refractivity contribution in [3.05, 3.63) is 29.5 Å². The molecule has 0 radical (unpaired) electrons. The number of hydrogen-bond donors (Lipinski definition) is 1. The number of nitrogens with zero attached hydrogens (tertiary/aromatic N) is 4. The molecule has 2 aromatic heterocycles. The molecule has 1 N–H and O–H groups in total. The first-order chi connectivity index (χ1) is 11.9. The summed E-state index contributed by atoms with van der Waals surface area (Å²) in [5, 5.41) is 10.5. The Balaban J connectivity index is 1.66. The average molecular weight is 363 g/mol. The predicted octanol–water partition coefficient (Wildman–Crippen LogP) is 2.25. The van der Waals surface area contributed by atoms with E-state index in [1.807, 2.05) is 18.4 Å². The van der Waals surface area contributed by atoms with Crippen LogP contribution in [-0.2, 0) is 9.47 Å². The molecule has 0 amide bonds. The zero-order valence-electron chi connectivity index (χ0n) is 14.0. The highest BCUT2D eigenvalue weighted by Crippen LogP contribution is 2.53. The van der Waals surface area contributed by atoms with Crippen molar-refractivity contribution >= 4 is 22.8 Å². The standard InChI is InChI=1S/C17H19ClN4O3/c1-17(2)24-13-10-5-8(23)3-4-9(10)12(14(13)25-17)22-7-21-11-15(18)19-6-20-16(11)22/h4,6-8,10,12-14,23H,3,5H2,1-2H3/t8?,10-,12+,13+,14-/m0/s1. The van der Waals surface area contributed by atoms with Gasteiger partial charge in [0.15, 0.2) is 16.6 Å². The highest BCUT2D eigenvalue weighted by atomic mass is 35.5. The highest BCUT2D eigenvalue weighted by molar-refractivity contribution is 6.33. The lowest BCUT2D eigenvalue weighted by molar-refractivity contribution is -0.157. The lowest BCUT2D eigenvalue weighted by Crippen LogP contribution is -2.30. The summed E-state index contributed by atoms with van der Waals surface area (Å²) < 4.78 is 14.4. The van der Waals surface area contributed by atoms with E-state index in [9.17, 15) is 5.11 Å². The van der Waals surface area contributed by atoms with Gasteiger partial charge >= 0.3 is 0 Å². The Morgan fingerprint density at radius 3 is 2.88 bits per heavy atom. The van der Waals surface area contributed by atoms with Crippen molar-refractivity contribution in [1.82, 2.24) is 19.5 Å². The first-order valence-corrected chi connectivity index (χ1v) is 8.89. The molecule has 2 aromatic rings. The predicted molar refractivity (Wildman–Crippen MR) is 90.0 cm³/mol. The van der Waals surface area contributed by atoms with Gasteiger partial charge in [-0.2, -0.15) is 0 Å². The Morgan fingerprint density at radius 1 is 1.24 bits per heavy atom. The maximum Gasteiger partial charge on any atom is 0.165 e. The van der Waals surface area contributed by atoms with Gasteiger partial charge in [0, 0.05) is 5.92 Å². The molecule has 7 nitrogen and oxygen atoms in total. The third kappa shape index (κ3) is 2.26. The molecule has 5 rings (SSSR count). The summed E-state index contributed by atoms with van der Waals surface area (Å²) in [6.45, 7) is 3.85. The van der Waals surface area contributed by atoms with E-state index >= 15 is 0 Å². The van der Waals surface area contributed by atoms with Gasteiger partial charge in [-0.25, -0.2) is 15.0 Å². The van der Waals surface area contributed by atoms with E-state index in [1.165, 1.54) is 11.9 Å². The van der Waals surface area contributed by atoms with E-state index in [0.29, 0.717) is 29.2 Å². The number of rotatable bonds is 1. The van der Waals surface area contributed by atoms with Gasteiger partial charge in [0.25, 0.3) is 0 Å². The zero-order chi connectivity index (χ0) is 17.3.